The van der Waals surface area contributed by atoms with Crippen LogP contribution in [0.3, 0.4) is 0 Å². The molecule has 0 spiro atoms. The second-order valence-electron chi connectivity index (χ2n) is 7.88. The quantitative estimate of drug-likeness (QED) is 0.215. The number of nitrogens with zero attached hydrogens (tertiary/aromatic N) is 2. The minimum atomic E-state index is 0. The van der Waals surface area contributed by atoms with E-state index in [9.17, 15) is 4.79 Å². The topological polar surface area (TPSA) is 68.8 Å². The normalized spacial score (nSPS) is 19.7. The Hall–Kier alpha value is -1.35. The zero-order chi connectivity index (χ0) is 19.6. The number of carbonyl (C=O) groups is 1. The standard InChI is InChI=1S/C22H35N5O.HI/c1-23-22(24-12-6-2-7-13-27-14-8-3-9-15-27)25-17-18-16-21(28)26-20-11-5-4-10-19(18)20;/h4-5,10-11,18H,2-3,6-9,12-17H2,1H3,(H,26,28)(H2,23,24,25);1H. The summed E-state index contributed by atoms with van der Waals surface area (Å²) < 4.78 is 0. The summed E-state index contributed by atoms with van der Waals surface area (Å²) in [6, 6.07) is 8.05. The predicted molar refractivity (Wildman–Crippen MR) is 131 cm³/mol. The number of piperidine rings is 1. The lowest BCUT2D eigenvalue weighted by Gasteiger charge is -2.26. The van der Waals surface area contributed by atoms with Crippen LogP contribution in [-0.2, 0) is 4.79 Å². The molecule has 0 bridgehead atoms. The number of hydrogen-bond donors (Lipinski definition) is 3. The Morgan fingerprint density at radius 3 is 2.72 bits per heavy atom. The first-order chi connectivity index (χ1) is 13.8. The maximum Gasteiger partial charge on any atom is 0.225 e. The third-order valence-corrected chi connectivity index (χ3v) is 5.74. The summed E-state index contributed by atoms with van der Waals surface area (Å²) in [5.41, 5.74) is 2.13. The van der Waals surface area contributed by atoms with Crippen LogP contribution in [0.4, 0.5) is 5.69 Å². The van der Waals surface area contributed by atoms with Crippen LogP contribution in [0, 0.1) is 0 Å². The molecule has 0 aromatic heterocycles. The number of anilines is 1. The minimum Gasteiger partial charge on any atom is -0.356 e. The van der Waals surface area contributed by atoms with E-state index >= 15 is 0 Å². The van der Waals surface area contributed by atoms with Crippen molar-refractivity contribution in [1.29, 1.82) is 0 Å². The summed E-state index contributed by atoms with van der Waals surface area (Å²) in [4.78, 5) is 18.9. The molecule has 1 aromatic carbocycles. The van der Waals surface area contributed by atoms with Crippen molar-refractivity contribution in [2.75, 3.05) is 45.1 Å². The molecule has 0 radical (unpaired) electrons. The van der Waals surface area contributed by atoms with Gasteiger partial charge in [0.2, 0.25) is 5.91 Å². The second kappa shape index (κ2) is 13.1. The van der Waals surface area contributed by atoms with Gasteiger partial charge in [0, 0.05) is 38.2 Å². The van der Waals surface area contributed by atoms with E-state index in [1.165, 1.54) is 57.3 Å². The summed E-state index contributed by atoms with van der Waals surface area (Å²) in [6.45, 7) is 5.46. The largest absolute Gasteiger partial charge is 0.356 e. The van der Waals surface area contributed by atoms with Gasteiger partial charge in [0.25, 0.3) is 0 Å². The molecule has 1 saturated heterocycles. The number of likely N-dealkylation sites (tertiary alicyclic amines) is 1. The monoisotopic (exact) mass is 513 g/mol. The molecule has 2 aliphatic rings. The maximum atomic E-state index is 11.9. The van der Waals surface area contributed by atoms with Crippen LogP contribution in [0.1, 0.15) is 56.4 Å². The Balaban J connectivity index is 0.00000300. The van der Waals surface area contributed by atoms with Gasteiger partial charge in [-0.15, -0.1) is 24.0 Å². The number of benzene rings is 1. The Labute approximate surface area is 192 Å². The SMILES string of the molecule is CN=C(NCCCCCN1CCCCC1)NCC1CC(=O)Nc2ccccc21.I. The van der Waals surface area contributed by atoms with Crippen molar-refractivity contribution in [3.05, 3.63) is 29.8 Å². The van der Waals surface area contributed by atoms with Gasteiger partial charge in [0.1, 0.15) is 0 Å². The Kier molecular flexibility index (Phi) is 10.8. The molecule has 7 heteroatoms. The predicted octanol–water partition coefficient (Wildman–Crippen LogP) is 3.55. The Bertz CT molecular complexity index is 660. The highest BCUT2D eigenvalue weighted by Gasteiger charge is 2.24. The van der Waals surface area contributed by atoms with E-state index in [1.807, 2.05) is 18.2 Å². The number of guanidine groups is 1. The molecule has 29 heavy (non-hydrogen) atoms. The lowest BCUT2D eigenvalue weighted by molar-refractivity contribution is -0.116. The van der Waals surface area contributed by atoms with Gasteiger partial charge in [-0.2, -0.15) is 0 Å². The molecule has 3 rings (SSSR count). The van der Waals surface area contributed by atoms with E-state index in [-0.39, 0.29) is 35.8 Å². The van der Waals surface area contributed by atoms with E-state index in [0.717, 1.165) is 24.6 Å². The first-order valence-corrected chi connectivity index (χ1v) is 10.8. The fourth-order valence-corrected chi connectivity index (χ4v) is 4.15. The molecule has 3 N–H and O–H groups in total. The Morgan fingerprint density at radius 2 is 1.93 bits per heavy atom. The molecule has 162 valence electrons. The van der Waals surface area contributed by atoms with Gasteiger partial charge >= 0.3 is 0 Å². The van der Waals surface area contributed by atoms with Crippen molar-refractivity contribution in [3.63, 3.8) is 0 Å². The number of amides is 1. The highest BCUT2D eigenvalue weighted by Crippen LogP contribution is 2.31. The molecule has 1 amide bonds. The summed E-state index contributed by atoms with van der Waals surface area (Å²) in [6.07, 6.45) is 8.34. The van der Waals surface area contributed by atoms with Crippen molar-refractivity contribution in [2.24, 2.45) is 4.99 Å². The zero-order valence-electron chi connectivity index (χ0n) is 17.6. The summed E-state index contributed by atoms with van der Waals surface area (Å²) in [5, 5.41) is 9.75. The summed E-state index contributed by atoms with van der Waals surface area (Å²) >= 11 is 0. The van der Waals surface area contributed by atoms with Crippen molar-refractivity contribution < 1.29 is 4.79 Å². The third kappa shape index (κ3) is 7.77. The molecule has 0 saturated carbocycles. The molecule has 1 unspecified atom stereocenters. The highest BCUT2D eigenvalue weighted by atomic mass is 127. The zero-order valence-corrected chi connectivity index (χ0v) is 19.9. The van der Waals surface area contributed by atoms with Crippen LogP contribution in [0.5, 0.6) is 0 Å². The van der Waals surface area contributed by atoms with Crippen molar-refractivity contribution in [3.8, 4) is 0 Å². The highest BCUT2D eigenvalue weighted by molar-refractivity contribution is 14.0. The van der Waals surface area contributed by atoms with Gasteiger partial charge in [0.15, 0.2) is 5.96 Å². The summed E-state index contributed by atoms with van der Waals surface area (Å²) in [7, 11) is 1.80. The number of nitrogens with one attached hydrogen (secondary N) is 3. The lowest BCUT2D eigenvalue weighted by Crippen LogP contribution is -2.41. The van der Waals surface area contributed by atoms with Crippen molar-refractivity contribution >= 4 is 41.5 Å². The fraction of sp³-hybridized carbons (Fsp3) is 0.636. The molecule has 2 aliphatic heterocycles. The molecular weight excluding hydrogens is 477 g/mol. The average molecular weight is 513 g/mol. The van der Waals surface area contributed by atoms with E-state index in [4.69, 9.17) is 0 Å². The van der Waals surface area contributed by atoms with Gasteiger partial charge in [-0.3, -0.25) is 9.79 Å². The van der Waals surface area contributed by atoms with Gasteiger partial charge < -0.3 is 20.9 Å². The number of hydrogen-bond acceptors (Lipinski definition) is 3. The number of halogens is 1. The molecular formula is C22H36IN5O. The van der Waals surface area contributed by atoms with Crippen LogP contribution in [0.25, 0.3) is 0 Å². The van der Waals surface area contributed by atoms with Gasteiger partial charge in [-0.05, 0) is 56.9 Å². The molecule has 0 aliphatic carbocycles. The molecule has 6 nitrogen and oxygen atoms in total. The number of rotatable bonds is 8. The first kappa shape index (κ1) is 23.9. The van der Waals surface area contributed by atoms with Gasteiger partial charge in [-0.25, -0.2) is 0 Å². The van der Waals surface area contributed by atoms with E-state index < -0.39 is 0 Å². The lowest BCUT2D eigenvalue weighted by atomic mass is 9.90. The number of carbonyl (C=O) groups excluding carboxylic acids is 1. The molecule has 2 heterocycles. The second-order valence-corrected chi connectivity index (χ2v) is 7.88. The molecule has 1 fully saturated rings. The number of aliphatic imine (C=N–C) groups is 1. The van der Waals surface area contributed by atoms with Crippen LogP contribution in [0.15, 0.2) is 29.3 Å². The van der Waals surface area contributed by atoms with Crippen molar-refractivity contribution in [2.45, 2.75) is 50.9 Å². The Morgan fingerprint density at radius 1 is 1.14 bits per heavy atom. The minimum absolute atomic E-state index is 0. The van der Waals surface area contributed by atoms with Crippen LogP contribution in [-0.4, -0.2) is 56.5 Å². The number of para-hydroxylation sites is 1. The number of unbranched alkanes of at least 4 members (excludes halogenated alkanes) is 2. The summed E-state index contributed by atoms with van der Waals surface area (Å²) in [5.74, 6) is 1.08. The first-order valence-electron chi connectivity index (χ1n) is 10.8. The van der Waals surface area contributed by atoms with Crippen molar-refractivity contribution in [1.82, 2.24) is 15.5 Å². The van der Waals surface area contributed by atoms with E-state index in [2.05, 4.69) is 31.9 Å². The smallest absolute Gasteiger partial charge is 0.225 e. The van der Waals surface area contributed by atoms with Crippen LogP contribution in [0.2, 0.25) is 0 Å². The van der Waals surface area contributed by atoms with Crippen LogP contribution < -0.4 is 16.0 Å². The fourth-order valence-electron chi connectivity index (χ4n) is 4.15. The average Bonchev–Trinajstić information content (AvgIpc) is 2.73. The molecule has 1 atom stereocenters. The third-order valence-electron chi connectivity index (χ3n) is 5.74. The van der Waals surface area contributed by atoms with E-state index in [1.54, 1.807) is 7.05 Å². The number of fused-ring (bicyclic) bond motifs is 1. The van der Waals surface area contributed by atoms with Gasteiger partial charge in [0.05, 0.1) is 0 Å². The molecule has 1 aromatic rings. The maximum absolute atomic E-state index is 11.9. The van der Waals surface area contributed by atoms with Gasteiger partial charge in [-0.1, -0.05) is 31.0 Å². The van der Waals surface area contributed by atoms with E-state index in [0.29, 0.717) is 13.0 Å². The van der Waals surface area contributed by atoms with Crippen LogP contribution >= 0.6 is 24.0 Å².